The summed E-state index contributed by atoms with van der Waals surface area (Å²) >= 11 is 1.66. The Morgan fingerprint density at radius 1 is 1.33 bits per heavy atom. The molecule has 2 rings (SSSR count). The van der Waals surface area contributed by atoms with Crippen LogP contribution in [0.2, 0.25) is 0 Å². The molecule has 7 heteroatoms. The van der Waals surface area contributed by atoms with Crippen molar-refractivity contribution < 1.29 is 8.42 Å². The van der Waals surface area contributed by atoms with E-state index in [0.717, 1.165) is 29.2 Å². The van der Waals surface area contributed by atoms with Gasteiger partial charge in [-0.3, -0.25) is 0 Å². The molecule has 0 saturated heterocycles. The Hall–Kier alpha value is -1.28. The van der Waals surface area contributed by atoms with Gasteiger partial charge in [-0.25, -0.2) is 18.5 Å². The minimum atomic E-state index is -3.62. The van der Waals surface area contributed by atoms with E-state index in [4.69, 9.17) is 5.14 Å². The highest BCUT2D eigenvalue weighted by Gasteiger charge is 2.09. The summed E-state index contributed by atoms with van der Waals surface area (Å²) in [4.78, 5) is 4.55. The van der Waals surface area contributed by atoms with Crippen molar-refractivity contribution in [3.05, 3.63) is 45.9 Å². The lowest BCUT2D eigenvalue weighted by molar-refractivity contribution is 0.573. The highest BCUT2D eigenvalue weighted by atomic mass is 32.2. The van der Waals surface area contributed by atoms with Crippen LogP contribution in [0, 0.1) is 6.92 Å². The maximum Gasteiger partial charge on any atom is 0.238 e. The number of nitrogens with one attached hydrogen (secondary N) is 1. The molecule has 1 aromatic heterocycles. The number of sulfonamides is 1. The second kappa shape index (κ2) is 6.65. The second-order valence-electron chi connectivity index (χ2n) is 4.90. The van der Waals surface area contributed by atoms with E-state index in [0.29, 0.717) is 0 Å². The molecule has 2 aromatic rings. The molecule has 0 amide bonds. The summed E-state index contributed by atoms with van der Waals surface area (Å²) in [7, 11) is -3.62. The number of aromatic nitrogens is 1. The van der Waals surface area contributed by atoms with E-state index in [2.05, 4.69) is 15.7 Å². The fraction of sp³-hybridized carbons (Fsp3) is 0.357. The van der Waals surface area contributed by atoms with Gasteiger partial charge in [0, 0.05) is 24.4 Å². The van der Waals surface area contributed by atoms with Crippen LogP contribution in [0.15, 0.2) is 34.5 Å². The fourth-order valence-corrected chi connectivity index (χ4v) is 3.17. The molecule has 0 fully saturated rings. The molecule has 1 aromatic carbocycles. The minimum absolute atomic E-state index is 0.136. The number of benzene rings is 1. The van der Waals surface area contributed by atoms with Gasteiger partial charge in [-0.1, -0.05) is 12.1 Å². The van der Waals surface area contributed by atoms with Gasteiger partial charge in [0.25, 0.3) is 0 Å². The minimum Gasteiger partial charge on any atom is -0.310 e. The Labute approximate surface area is 129 Å². The largest absolute Gasteiger partial charge is 0.310 e. The predicted molar refractivity (Wildman–Crippen MR) is 84.8 cm³/mol. The molecule has 114 valence electrons. The number of hydrogen-bond acceptors (Lipinski definition) is 5. The van der Waals surface area contributed by atoms with Crippen LogP contribution in [-0.2, 0) is 16.4 Å². The van der Waals surface area contributed by atoms with Crippen LogP contribution < -0.4 is 10.5 Å². The molecule has 0 spiro atoms. The average Bonchev–Trinajstić information content (AvgIpc) is 2.83. The topological polar surface area (TPSA) is 85.1 Å². The van der Waals surface area contributed by atoms with Crippen molar-refractivity contribution in [2.45, 2.75) is 31.2 Å². The van der Waals surface area contributed by atoms with Gasteiger partial charge < -0.3 is 5.32 Å². The standard InChI is InChI=1S/C14H19N3O2S2/c1-10(16-8-7-13-9-20-11(2)17-13)12-3-5-14(6-4-12)21(15,18)19/h3-6,9-10,16H,7-8H2,1-2H3,(H2,15,18,19)/t10-/m0/s1. The van der Waals surface area contributed by atoms with Gasteiger partial charge in [0.05, 0.1) is 15.6 Å². The van der Waals surface area contributed by atoms with E-state index in [1.54, 1.807) is 23.5 Å². The number of hydrogen-bond donors (Lipinski definition) is 2. The first-order valence-electron chi connectivity index (χ1n) is 6.63. The smallest absolute Gasteiger partial charge is 0.238 e. The zero-order chi connectivity index (χ0) is 15.5. The zero-order valence-electron chi connectivity index (χ0n) is 12.0. The Morgan fingerprint density at radius 2 is 2.00 bits per heavy atom. The van der Waals surface area contributed by atoms with Crippen LogP contribution in [0.1, 0.15) is 29.2 Å². The highest BCUT2D eigenvalue weighted by Crippen LogP contribution is 2.15. The van der Waals surface area contributed by atoms with E-state index in [-0.39, 0.29) is 10.9 Å². The molecule has 1 heterocycles. The summed E-state index contributed by atoms with van der Waals surface area (Å²) in [6.07, 6.45) is 0.879. The molecule has 0 bridgehead atoms. The Bertz CT molecular complexity index is 693. The van der Waals surface area contributed by atoms with Crippen molar-refractivity contribution in [1.82, 2.24) is 10.3 Å². The van der Waals surface area contributed by atoms with Gasteiger partial charge in [-0.05, 0) is 31.5 Å². The average molecular weight is 325 g/mol. The summed E-state index contributed by atoms with van der Waals surface area (Å²) in [5, 5.41) is 11.6. The number of aryl methyl sites for hydroxylation is 1. The third-order valence-corrected chi connectivity index (χ3v) is 4.96. The lowest BCUT2D eigenvalue weighted by Gasteiger charge is -2.14. The number of nitrogens with zero attached hydrogens (tertiary/aromatic N) is 1. The van der Waals surface area contributed by atoms with Gasteiger partial charge in [0.2, 0.25) is 10.0 Å². The summed E-state index contributed by atoms with van der Waals surface area (Å²) < 4.78 is 22.4. The van der Waals surface area contributed by atoms with Crippen molar-refractivity contribution in [2.75, 3.05) is 6.54 Å². The van der Waals surface area contributed by atoms with Gasteiger partial charge in [-0.2, -0.15) is 0 Å². The second-order valence-corrected chi connectivity index (χ2v) is 7.52. The van der Waals surface area contributed by atoms with E-state index in [9.17, 15) is 8.42 Å². The first-order valence-corrected chi connectivity index (χ1v) is 9.06. The number of nitrogens with two attached hydrogens (primary N) is 1. The summed E-state index contributed by atoms with van der Waals surface area (Å²) in [6.45, 7) is 4.86. The predicted octanol–water partition coefficient (Wildman–Crippen LogP) is 1.99. The SMILES string of the molecule is Cc1nc(CCN[C@@H](C)c2ccc(S(N)(=O)=O)cc2)cs1. The monoisotopic (exact) mass is 325 g/mol. The van der Waals surface area contributed by atoms with Crippen LogP contribution >= 0.6 is 11.3 Å². The van der Waals surface area contributed by atoms with Crippen molar-refractivity contribution >= 4 is 21.4 Å². The quantitative estimate of drug-likeness (QED) is 0.850. The van der Waals surface area contributed by atoms with Crippen LogP contribution in [0.5, 0.6) is 0 Å². The lowest BCUT2D eigenvalue weighted by Crippen LogP contribution is -2.21. The van der Waals surface area contributed by atoms with Crippen LogP contribution in [0.25, 0.3) is 0 Å². The third-order valence-electron chi connectivity index (χ3n) is 3.21. The molecule has 0 unspecified atom stereocenters. The van der Waals surface area contributed by atoms with Crippen molar-refractivity contribution in [1.29, 1.82) is 0 Å². The lowest BCUT2D eigenvalue weighted by atomic mass is 10.1. The van der Waals surface area contributed by atoms with Crippen LogP contribution in [0.4, 0.5) is 0 Å². The highest BCUT2D eigenvalue weighted by molar-refractivity contribution is 7.89. The number of primary sulfonamides is 1. The molecule has 0 radical (unpaired) electrons. The van der Waals surface area contributed by atoms with Gasteiger partial charge >= 0.3 is 0 Å². The molecule has 0 saturated carbocycles. The maximum atomic E-state index is 11.2. The fourth-order valence-electron chi connectivity index (χ4n) is 2.00. The molecule has 0 aliphatic rings. The summed E-state index contributed by atoms with van der Waals surface area (Å²) in [5.41, 5.74) is 2.12. The van der Waals surface area contributed by atoms with Gasteiger partial charge in [-0.15, -0.1) is 11.3 Å². The number of rotatable bonds is 6. The van der Waals surface area contributed by atoms with E-state index < -0.39 is 10.0 Å². The van der Waals surface area contributed by atoms with E-state index in [1.165, 1.54) is 12.1 Å². The maximum absolute atomic E-state index is 11.2. The molecular weight excluding hydrogens is 306 g/mol. The molecule has 0 aliphatic heterocycles. The van der Waals surface area contributed by atoms with Crippen LogP contribution in [-0.4, -0.2) is 19.9 Å². The molecule has 5 nitrogen and oxygen atoms in total. The van der Waals surface area contributed by atoms with Crippen molar-refractivity contribution in [3.8, 4) is 0 Å². The normalized spacial score (nSPS) is 13.3. The van der Waals surface area contributed by atoms with Crippen molar-refractivity contribution in [3.63, 3.8) is 0 Å². The van der Waals surface area contributed by atoms with Crippen LogP contribution in [0.3, 0.4) is 0 Å². The van der Waals surface area contributed by atoms with E-state index in [1.807, 2.05) is 13.8 Å². The first kappa shape index (κ1) is 16.1. The zero-order valence-corrected chi connectivity index (χ0v) is 13.7. The number of thiazole rings is 1. The van der Waals surface area contributed by atoms with Gasteiger partial charge in [0.1, 0.15) is 0 Å². The first-order chi connectivity index (χ1) is 9.86. The molecule has 21 heavy (non-hydrogen) atoms. The van der Waals surface area contributed by atoms with Crippen molar-refractivity contribution in [2.24, 2.45) is 5.14 Å². The summed E-state index contributed by atoms with van der Waals surface area (Å²) in [6, 6.07) is 6.77. The third kappa shape index (κ3) is 4.60. The molecule has 1 atom stereocenters. The van der Waals surface area contributed by atoms with Gasteiger partial charge in [0.15, 0.2) is 0 Å². The Kier molecular flexibility index (Phi) is 5.10. The molecule has 0 aliphatic carbocycles. The molecule has 3 N–H and O–H groups in total. The molecular formula is C14H19N3O2S2. The Balaban J connectivity index is 1.89. The summed E-state index contributed by atoms with van der Waals surface area (Å²) in [5.74, 6) is 0. The van der Waals surface area contributed by atoms with E-state index >= 15 is 0 Å². The Morgan fingerprint density at radius 3 is 2.52 bits per heavy atom.